The molecular weight excluding hydrogens is 602 g/mol. The van der Waals surface area contributed by atoms with Gasteiger partial charge in [0.2, 0.25) is 0 Å². The number of aliphatic carboxylic acids is 2. The van der Waals surface area contributed by atoms with Crippen molar-refractivity contribution in [2.24, 2.45) is 0 Å². The van der Waals surface area contributed by atoms with E-state index in [1.165, 1.54) is 0 Å². The number of aryl methyl sites for hydroxylation is 1. The number of carbonyl (C=O) groups is 2. The number of rotatable bonds is 15. The summed E-state index contributed by atoms with van der Waals surface area (Å²) in [5.41, 5.74) is 2.19. The van der Waals surface area contributed by atoms with Crippen LogP contribution in [0.4, 0.5) is 0 Å². The highest BCUT2D eigenvalue weighted by molar-refractivity contribution is 7.87. The average Bonchev–Trinajstić information content (AvgIpc) is 3.07. The summed E-state index contributed by atoms with van der Waals surface area (Å²) in [7, 11) is -3.95. The van der Waals surface area contributed by atoms with E-state index in [4.69, 9.17) is 4.18 Å². The van der Waals surface area contributed by atoms with E-state index < -0.39 is 33.6 Å². The molecule has 8 nitrogen and oxygen atoms in total. The SMILES string of the molecule is O=C(O)CC[C@H](NC(c1ccccc1)(c1ccccc1)c1ccc(CCCOS(=O)(=O)c2cccc3ccccc23)cc1)C(=O)O. The molecule has 0 spiro atoms. The number of hydrogen-bond donors (Lipinski definition) is 3. The van der Waals surface area contributed by atoms with Crippen molar-refractivity contribution in [1.29, 1.82) is 0 Å². The van der Waals surface area contributed by atoms with Crippen LogP contribution in [0.2, 0.25) is 0 Å². The maximum absolute atomic E-state index is 13.0. The zero-order chi connectivity index (χ0) is 32.6. The molecule has 0 aromatic heterocycles. The molecule has 5 aromatic rings. The van der Waals surface area contributed by atoms with Crippen LogP contribution in [-0.2, 0) is 35.9 Å². The Hall–Kier alpha value is -4.83. The molecule has 0 saturated carbocycles. The zero-order valence-corrected chi connectivity index (χ0v) is 25.9. The number of fused-ring (bicyclic) bond motifs is 1. The van der Waals surface area contributed by atoms with Gasteiger partial charge in [0, 0.05) is 11.8 Å². The van der Waals surface area contributed by atoms with Crippen LogP contribution in [-0.4, -0.2) is 43.2 Å². The quantitative estimate of drug-likeness (QED) is 0.0685. The summed E-state index contributed by atoms with van der Waals surface area (Å²) < 4.78 is 31.4. The Labute approximate surface area is 268 Å². The van der Waals surface area contributed by atoms with E-state index in [0.717, 1.165) is 27.6 Å². The summed E-state index contributed by atoms with van der Waals surface area (Å²) in [6, 6.07) is 37.9. The third-order valence-corrected chi connectivity index (χ3v) is 9.38. The number of carboxylic acids is 2. The Morgan fingerprint density at radius 1 is 0.717 bits per heavy atom. The molecule has 0 aliphatic carbocycles. The Morgan fingerprint density at radius 3 is 1.89 bits per heavy atom. The molecule has 0 heterocycles. The second kappa shape index (κ2) is 14.5. The van der Waals surface area contributed by atoms with Crippen molar-refractivity contribution in [2.75, 3.05) is 6.61 Å². The van der Waals surface area contributed by atoms with Crippen molar-refractivity contribution in [3.8, 4) is 0 Å². The van der Waals surface area contributed by atoms with E-state index in [0.29, 0.717) is 18.2 Å². The Morgan fingerprint density at radius 2 is 1.28 bits per heavy atom. The van der Waals surface area contributed by atoms with E-state index in [1.54, 1.807) is 24.3 Å². The molecular formula is C37H35NO7S. The summed E-state index contributed by atoms with van der Waals surface area (Å²) in [6.07, 6.45) is 0.603. The molecule has 0 radical (unpaired) electrons. The first-order valence-electron chi connectivity index (χ1n) is 15.0. The molecule has 9 heteroatoms. The van der Waals surface area contributed by atoms with Crippen LogP contribution >= 0.6 is 0 Å². The van der Waals surface area contributed by atoms with Crippen molar-refractivity contribution < 1.29 is 32.4 Å². The van der Waals surface area contributed by atoms with Gasteiger partial charge in [-0.1, -0.05) is 121 Å². The molecule has 5 rings (SSSR count). The number of nitrogens with one attached hydrogen (secondary N) is 1. The lowest BCUT2D eigenvalue weighted by molar-refractivity contribution is -0.141. The summed E-state index contributed by atoms with van der Waals surface area (Å²) in [6.45, 7) is 0.0106. The molecule has 0 unspecified atom stereocenters. The van der Waals surface area contributed by atoms with Gasteiger partial charge in [-0.2, -0.15) is 8.42 Å². The van der Waals surface area contributed by atoms with Gasteiger partial charge < -0.3 is 10.2 Å². The maximum Gasteiger partial charge on any atom is 0.320 e. The van der Waals surface area contributed by atoms with Crippen molar-refractivity contribution in [3.63, 3.8) is 0 Å². The number of benzene rings is 5. The second-order valence-electron chi connectivity index (χ2n) is 11.0. The Balaban J connectivity index is 1.39. The highest BCUT2D eigenvalue weighted by Crippen LogP contribution is 2.38. The normalized spacial score (nSPS) is 12.5. The fraction of sp³-hybridized carbons (Fsp3) is 0.189. The van der Waals surface area contributed by atoms with E-state index in [-0.39, 0.29) is 24.3 Å². The molecule has 0 bridgehead atoms. The van der Waals surface area contributed by atoms with Gasteiger partial charge in [0.1, 0.15) is 10.9 Å². The molecule has 236 valence electrons. The Bertz CT molecular complexity index is 1850. The third kappa shape index (κ3) is 7.34. The molecule has 46 heavy (non-hydrogen) atoms. The first kappa shape index (κ1) is 32.6. The lowest BCUT2D eigenvalue weighted by Crippen LogP contribution is -2.52. The summed E-state index contributed by atoms with van der Waals surface area (Å²) in [5, 5.41) is 24.2. The monoisotopic (exact) mass is 637 g/mol. The smallest absolute Gasteiger partial charge is 0.320 e. The van der Waals surface area contributed by atoms with E-state index in [9.17, 15) is 28.2 Å². The van der Waals surface area contributed by atoms with Gasteiger partial charge in [-0.05, 0) is 53.0 Å². The largest absolute Gasteiger partial charge is 0.481 e. The molecule has 5 aromatic carbocycles. The standard InChI is InChI=1S/C37H35NO7S/c39-35(40)25-24-33(36(41)42)38-37(29-14-3-1-4-15-29,30-16-5-2-6-17-30)31-22-20-27(21-23-31)11-10-26-45-46(43,44)34-19-9-13-28-12-7-8-18-32(28)34/h1-9,12-23,33,38H,10-11,24-26H2,(H,39,40)(H,41,42)/t33-/m0/s1. The van der Waals surface area contributed by atoms with Crippen LogP contribution in [0.25, 0.3) is 10.8 Å². The highest BCUT2D eigenvalue weighted by Gasteiger charge is 2.40. The summed E-state index contributed by atoms with van der Waals surface area (Å²) in [4.78, 5) is 23.9. The highest BCUT2D eigenvalue weighted by atomic mass is 32.2. The molecule has 0 amide bonds. The predicted octanol–water partition coefficient (Wildman–Crippen LogP) is 6.38. The van der Waals surface area contributed by atoms with Gasteiger partial charge in [0.25, 0.3) is 10.1 Å². The third-order valence-electron chi connectivity index (χ3n) is 8.00. The van der Waals surface area contributed by atoms with Crippen molar-refractivity contribution >= 4 is 32.8 Å². The molecule has 1 atom stereocenters. The number of carboxylic acid groups (broad SMARTS) is 2. The van der Waals surface area contributed by atoms with Crippen LogP contribution in [0.3, 0.4) is 0 Å². The fourth-order valence-electron chi connectivity index (χ4n) is 5.76. The van der Waals surface area contributed by atoms with Crippen LogP contribution in [0, 0.1) is 0 Å². The minimum absolute atomic E-state index is 0.0106. The minimum atomic E-state index is -3.95. The van der Waals surface area contributed by atoms with E-state index in [2.05, 4.69) is 5.32 Å². The molecule has 0 fully saturated rings. The van der Waals surface area contributed by atoms with Gasteiger partial charge >= 0.3 is 11.9 Å². The van der Waals surface area contributed by atoms with E-state index >= 15 is 0 Å². The molecule has 0 aliphatic heterocycles. The van der Waals surface area contributed by atoms with Gasteiger partial charge in [-0.15, -0.1) is 0 Å². The van der Waals surface area contributed by atoms with Crippen LogP contribution in [0.5, 0.6) is 0 Å². The first-order valence-corrected chi connectivity index (χ1v) is 16.4. The van der Waals surface area contributed by atoms with E-state index in [1.807, 2.05) is 103 Å². The van der Waals surface area contributed by atoms with Gasteiger partial charge in [-0.3, -0.25) is 19.1 Å². The van der Waals surface area contributed by atoms with Crippen molar-refractivity contribution in [1.82, 2.24) is 5.32 Å². The molecule has 3 N–H and O–H groups in total. The molecule has 0 aliphatic rings. The predicted molar refractivity (Wildman–Crippen MR) is 176 cm³/mol. The molecule has 0 saturated heterocycles. The van der Waals surface area contributed by atoms with Crippen LogP contribution < -0.4 is 5.32 Å². The van der Waals surface area contributed by atoms with Gasteiger partial charge in [-0.25, -0.2) is 0 Å². The zero-order valence-electron chi connectivity index (χ0n) is 25.1. The maximum atomic E-state index is 13.0. The van der Waals surface area contributed by atoms with Gasteiger partial charge in [0.05, 0.1) is 12.1 Å². The summed E-state index contributed by atoms with van der Waals surface area (Å²) in [5.74, 6) is -2.22. The van der Waals surface area contributed by atoms with Crippen molar-refractivity contribution in [2.45, 2.75) is 42.2 Å². The second-order valence-corrected chi connectivity index (χ2v) is 12.6. The fourth-order valence-corrected chi connectivity index (χ4v) is 6.92. The lowest BCUT2D eigenvalue weighted by atomic mass is 9.76. The topological polar surface area (TPSA) is 130 Å². The minimum Gasteiger partial charge on any atom is -0.481 e. The Kier molecular flexibility index (Phi) is 10.3. The first-order chi connectivity index (χ1) is 22.2. The average molecular weight is 638 g/mol. The van der Waals surface area contributed by atoms with Crippen molar-refractivity contribution in [3.05, 3.63) is 150 Å². The lowest BCUT2D eigenvalue weighted by Gasteiger charge is -2.39. The number of hydrogen-bond acceptors (Lipinski definition) is 6. The van der Waals surface area contributed by atoms with Gasteiger partial charge in [0.15, 0.2) is 0 Å². The van der Waals surface area contributed by atoms with Crippen LogP contribution in [0.15, 0.2) is 132 Å². The summed E-state index contributed by atoms with van der Waals surface area (Å²) >= 11 is 0. The van der Waals surface area contributed by atoms with Crippen LogP contribution in [0.1, 0.15) is 41.5 Å².